The summed E-state index contributed by atoms with van der Waals surface area (Å²) in [7, 11) is 0. The lowest BCUT2D eigenvalue weighted by Crippen LogP contribution is -2.52. The molecule has 0 spiro atoms. The summed E-state index contributed by atoms with van der Waals surface area (Å²) < 4.78 is 6.01. The number of benzene rings is 1. The first kappa shape index (κ1) is 14.6. The highest BCUT2D eigenvalue weighted by atomic mass is 35.5. The van der Waals surface area contributed by atoms with E-state index in [0.717, 1.165) is 24.3 Å². The Morgan fingerprint density at radius 2 is 2.14 bits per heavy atom. The highest BCUT2D eigenvalue weighted by molar-refractivity contribution is 6.17. The van der Waals surface area contributed by atoms with Crippen LogP contribution in [-0.4, -0.2) is 29.8 Å². The van der Waals surface area contributed by atoms with E-state index in [1.54, 1.807) is 0 Å². The number of alkyl halides is 1. The molecule has 1 fully saturated rings. The Balaban J connectivity index is 2.10. The first-order valence-corrected chi connectivity index (χ1v) is 7.89. The molecule has 1 aromatic heterocycles. The van der Waals surface area contributed by atoms with E-state index in [0.29, 0.717) is 5.88 Å². The molecule has 2 aromatic rings. The SMILES string of the molecule is CC1CN(c2cc(CCl)nc3ccccc23)CC(C)(C)O1. The lowest BCUT2D eigenvalue weighted by molar-refractivity contribution is -0.0749. The van der Waals surface area contributed by atoms with E-state index >= 15 is 0 Å². The van der Waals surface area contributed by atoms with Gasteiger partial charge in [-0.3, -0.25) is 4.98 Å². The molecule has 1 aromatic carbocycles. The lowest BCUT2D eigenvalue weighted by Gasteiger charge is -2.43. The maximum absolute atomic E-state index is 6.02. The topological polar surface area (TPSA) is 25.4 Å². The van der Waals surface area contributed by atoms with E-state index in [1.807, 2.05) is 12.1 Å². The largest absolute Gasteiger partial charge is 0.369 e. The number of ether oxygens (including phenoxy) is 1. The number of morpholine rings is 1. The van der Waals surface area contributed by atoms with Gasteiger partial charge in [0.25, 0.3) is 0 Å². The molecular weight excluding hydrogens is 284 g/mol. The third-order valence-corrected chi connectivity index (χ3v) is 4.07. The summed E-state index contributed by atoms with van der Waals surface area (Å²) in [5.74, 6) is 0.432. The summed E-state index contributed by atoms with van der Waals surface area (Å²) in [4.78, 5) is 7.01. The minimum absolute atomic E-state index is 0.150. The van der Waals surface area contributed by atoms with Crippen LogP contribution in [0.3, 0.4) is 0 Å². The van der Waals surface area contributed by atoms with Crippen molar-refractivity contribution in [1.29, 1.82) is 0 Å². The number of pyridine rings is 1. The van der Waals surface area contributed by atoms with E-state index in [9.17, 15) is 0 Å². The van der Waals surface area contributed by atoms with Crippen molar-refractivity contribution >= 4 is 28.2 Å². The summed E-state index contributed by atoms with van der Waals surface area (Å²) in [6.45, 7) is 8.16. The van der Waals surface area contributed by atoms with Gasteiger partial charge in [-0.05, 0) is 32.9 Å². The summed E-state index contributed by atoms with van der Waals surface area (Å²) in [5, 5.41) is 1.18. The first-order valence-electron chi connectivity index (χ1n) is 7.36. The first-order chi connectivity index (χ1) is 9.98. The van der Waals surface area contributed by atoms with Gasteiger partial charge in [0.2, 0.25) is 0 Å². The van der Waals surface area contributed by atoms with Crippen LogP contribution < -0.4 is 4.90 Å². The number of anilines is 1. The van der Waals surface area contributed by atoms with Gasteiger partial charge in [-0.15, -0.1) is 11.6 Å². The van der Waals surface area contributed by atoms with Crippen molar-refractivity contribution in [2.45, 2.75) is 38.4 Å². The second-order valence-corrected chi connectivity index (χ2v) is 6.62. The van der Waals surface area contributed by atoms with Gasteiger partial charge < -0.3 is 9.64 Å². The van der Waals surface area contributed by atoms with E-state index in [4.69, 9.17) is 16.3 Å². The second-order valence-electron chi connectivity index (χ2n) is 6.35. The number of halogens is 1. The number of nitrogens with zero attached hydrogens (tertiary/aromatic N) is 2. The predicted octanol–water partition coefficient (Wildman–Crippen LogP) is 3.98. The zero-order chi connectivity index (χ0) is 15.0. The monoisotopic (exact) mass is 304 g/mol. The molecule has 1 unspecified atom stereocenters. The Labute approximate surface area is 130 Å². The fourth-order valence-electron chi connectivity index (χ4n) is 3.18. The number of hydrogen-bond donors (Lipinski definition) is 0. The molecule has 4 heteroatoms. The van der Waals surface area contributed by atoms with Crippen LogP contribution in [-0.2, 0) is 10.6 Å². The third kappa shape index (κ3) is 2.99. The fourth-order valence-corrected chi connectivity index (χ4v) is 3.31. The summed E-state index contributed by atoms with van der Waals surface area (Å²) in [6.07, 6.45) is 0.208. The van der Waals surface area contributed by atoms with Crippen molar-refractivity contribution in [3.63, 3.8) is 0 Å². The van der Waals surface area contributed by atoms with Gasteiger partial charge in [0, 0.05) is 24.2 Å². The average molecular weight is 305 g/mol. The number of rotatable bonds is 2. The van der Waals surface area contributed by atoms with Crippen LogP contribution in [0.4, 0.5) is 5.69 Å². The van der Waals surface area contributed by atoms with Crippen molar-refractivity contribution in [1.82, 2.24) is 4.98 Å². The summed E-state index contributed by atoms with van der Waals surface area (Å²) in [6, 6.07) is 10.4. The van der Waals surface area contributed by atoms with Crippen LogP contribution in [0, 0.1) is 0 Å². The molecule has 0 saturated carbocycles. The van der Waals surface area contributed by atoms with Crippen molar-refractivity contribution < 1.29 is 4.74 Å². The summed E-state index contributed by atoms with van der Waals surface area (Å²) in [5.41, 5.74) is 2.98. The second kappa shape index (κ2) is 5.47. The zero-order valence-electron chi connectivity index (χ0n) is 12.8. The smallest absolute Gasteiger partial charge is 0.0805 e. The molecule has 3 nitrogen and oxygen atoms in total. The van der Waals surface area contributed by atoms with Crippen molar-refractivity contribution in [3.8, 4) is 0 Å². The van der Waals surface area contributed by atoms with Crippen molar-refractivity contribution in [2.24, 2.45) is 0 Å². The van der Waals surface area contributed by atoms with E-state index in [2.05, 4.69) is 48.9 Å². The fraction of sp³-hybridized carbons (Fsp3) is 0.471. The molecule has 0 amide bonds. The van der Waals surface area contributed by atoms with Crippen molar-refractivity contribution in [3.05, 3.63) is 36.0 Å². The molecular formula is C17H21ClN2O. The number of hydrogen-bond acceptors (Lipinski definition) is 3. The Kier molecular flexibility index (Phi) is 3.80. The highest BCUT2D eigenvalue weighted by Crippen LogP contribution is 2.32. The van der Waals surface area contributed by atoms with Crippen LogP contribution in [0.2, 0.25) is 0 Å². The molecule has 1 saturated heterocycles. The maximum Gasteiger partial charge on any atom is 0.0805 e. The Morgan fingerprint density at radius 1 is 1.38 bits per heavy atom. The molecule has 1 aliphatic heterocycles. The molecule has 0 N–H and O–H groups in total. The van der Waals surface area contributed by atoms with E-state index in [-0.39, 0.29) is 11.7 Å². The minimum Gasteiger partial charge on any atom is -0.369 e. The standard InChI is InChI=1S/C17H21ClN2O/c1-12-10-20(11-17(2,3)21-12)16-8-13(9-18)19-15-7-5-4-6-14(15)16/h4-8,12H,9-11H2,1-3H3. The molecule has 0 radical (unpaired) electrons. The molecule has 2 heterocycles. The molecule has 1 aliphatic rings. The summed E-state index contributed by atoms with van der Waals surface area (Å²) >= 11 is 6.02. The Morgan fingerprint density at radius 3 is 2.86 bits per heavy atom. The Bertz CT molecular complexity index is 656. The van der Waals surface area contributed by atoms with Gasteiger partial charge in [0.05, 0.1) is 28.8 Å². The number of para-hydroxylation sites is 1. The predicted molar refractivity (Wildman–Crippen MR) is 88.1 cm³/mol. The van der Waals surface area contributed by atoms with Crippen LogP contribution in [0.25, 0.3) is 10.9 Å². The average Bonchev–Trinajstić information content (AvgIpc) is 2.44. The van der Waals surface area contributed by atoms with Gasteiger partial charge in [-0.1, -0.05) is 18.2 Å². The highest BCUT2D eigenvalue weighted by Gasteiger charge is 2.32. The Hall–Kier alpha value is -1.32. The van der Waals surface area contributed by atoms with E-state index in [1.165, 1.54) is 11.1 Å². The quantitative estimate of drug-likeness (QED) is 0.785. The van der Waals surface area contributed by atoms with E-state index < -0.39 is 0 Å². The molecule has 3 rings (SSSR count). The molecule has 21 heavy (non-hydrogen) atoms. The molecule has 1 atom stereocenters. The van der Waals surface area contributed by atoms with Crippen LogP contribution in [0.15, 0.2) is 30.3 Å². The van der Waals surface area contributed by atoms with Crippen LogP contribution in [0.5, 0.6) is 0 Å². The van der Waals surface area contributed by atoms with Gasteiger partial charge >= 0.3 is 0 Å². The van der Waals surface area contributed by atoms with Gasteiger partial charge in [-0.25, -0.2) is 0 Å². The zero-order valence-corrected chi connectivity index (χ0v) is 13.5. The normalized spacial score (nSPS) is 21.7. The third-order valence-electron chi connectivity index (χ3n) is 3.79. The van der Waals surface area contributed by atoms with Gasteiger partial charge in [0.15, 0.2) is 0 Å². The minimum atomic E-state index is -0.150. The van der Waals surface area contributed by atoms with Crippen LogP contribution >= 0.6 is 11.6 Å². The number of fused-ring (bicyclic) bond motifs is 1. The molecule has 0 aliphatic carbocycles. The van der Waals surface area contributed by atoms with Crippen molar-refractivity contribution in [2.75, 3.05) is 18.0 Å². The van der Waals surface area contributed by atoms with Crippen LogP contribution in [0.1, 0.15) is 26.5 Å². The van der Waals surface area contributed by atoms with Gasteiger partial charge in [-0.2, -0.15) is 0 Å². The molecule has 0 bridgehead atoms. The lowest BCUT2D eigenvalue weighted by atomic mass is 10.0. The number of aromatic nitrogens is 1. The maximum atomic E-state index is 6.02. The van der Waals surface area contributed by atoms with Gasteiger partial charge in [0.1, 0.15) is 0 Å². The molecule has 112 valence electrons.